The fourth-order valence-corrected chi connectivity index (χ4v) is 10.7. The van der Waals surface area contributed by atoms with E-state index in [0.29, 0.717) is 0 Å². The highest BCUT2D eigenvalue weighted by molar-refractivity contribution is 6.22. The Morgan fingerprint density at radius 1 is 0.333 bits per heavy atom. The van der Waals surface area contributed by atoms with Crippen LogP contribution in [0.4, 0.5) is 0 Å². The molecule has 10 aromatic rings. The third kappa shape index (κ3) is 4.94. The van der Waals surface area contributed by atoms with Gasteiger partial charge in [0, 0.05) is 51.5 Å². The van der Waals surface area contributed by atoms with Gasteiger partial charge in [0.1, 0.15) is 0 Å². The van der Waals surface area contributed by atoms with Crippen LogP contribution < -0.4 is 0 Å². The van der Waals surface area contributed by atoms with Crippen molar-refractivity contribution in [1.29, 1.82) is 0 Å². The first kappa shape index (κ1) is 34.8. The molecule has 0 aliphatic heterocycles. The van der Waals surface area contributed by atoms with Gasteiger partial charge < -0.3 is 0 Å². The van der Waals surface area contributed by atoms with E-state index in [0.717, 1.165) is 27.8 Å². The molecule has 2 aliphatic carbocycles. The standard InChI is InChI=1S/C58H42N2/c1-57(2)50-19-11-9-15-41(50)43-25-22-36(30-52(43)57)55-45-17-7-8-18-46(45)56(37-23-26-44-42-16-10-12-20-51(42)58(3,4)53(44)31-37)48-29-35(21-27-47(48)55)54-28-24-39(33-60-54)49-34-59-32-38-13-5-6-14-40(38)49/h5-34H,1-4H3. The van der Waals surface area contributed by atoms with E-state index in [9.17, 15) is 0 Å². The number of aromatic nitrogens is 2. The lowest BCUT2D eigenvalue weighted by molar-refractivity contribution is 0.660. The van der Waals surface area contributed by atoms with Gasteiger partial charge in [0.2, 0.25) is 0 Å². The number of hydrogen-bond acceptors (Lipinski definition) is 2. The van der Waals surface area contributed by atoms with E-state index in [1.807, 2.05) is 18.6 Å². The summed E-state index contributed by atoms with van der Waals surface area (Å²) in [6, 6.07) is 61.0. The number of nitrogens with zero attached hydrogens (tertiary/aromatic N) is 2. The largest absolute Gasteiger partial charge is 0.263 e. The normalized spacial score (nSPS) is 14.3. The van der Waals surface area contributed by atoms with E-state index in [1.54, 1.807) is 0 Å². The van der Waals surface area contributed by atoms with Crippen LogP contribution in [0.1, 0.15) is 49.9 Å². The van der Waals surface area contributed by atoms with Crippen LogP contribution in [0, 0.1) is 0 Å². The van der Waals surface area contributed by atoms with Gasteiger partial charge in [0.05, 0.1) is 5.69 Å². The van der Waals surface area contributed by atoms with Crippen LogP contribution in [0.15, 0.2) is 182 Å². The molecule has 0 amide bonds. The highest BCUT2D eigenvalue weighted by Gasteiger charge is 2.37. The predicted octanol–water partition coefficient (Wildman–Crippen LogP) is 15.2. The molecule has 2 heteroatoms. The smallest absolute Gasteiger partial charge is 0.0702 e. The van der Waals surface area contributed by atoms with Crippen LogP contribution in [0.2, 0.25) is 0 Å². The molecule has 60 heavy (non-hydrogen) atoms. The molecule has 0 saturated heterocycles. The van der Waals surface area contributed by atoms with E-state index in [1.165, 1.54) is 93.7 Å². The number of rotatable bonds is 4. The van der Waals surface area contributed by atoms with Gasteiger partial charge in [-0.15, -0.1) is 0 Å². The molecule has 12 rings (SSSR count). The summed E-state index contributed by atoms with van der Waals surface area (Å²) in [6.07, 6.45) is 5.87. The second-order valence-corrected chi connectivity index (χ2v) is 17.8. The monoisotopic (exact) mass is 766 g/mol. The topological polar surface area (TPSA) is 25.8 Å². The Morgan fingerprint density at radius 2 is 0.833 bits per heavy atom. The molecule has 0 radical (unpaired) electrons. The van der Waals surface area contributed by atoms with E-state index in [4.69, 9.17) is 4.98 Å². The Morgan fingerprint density at radius 3 is 1.45 bits per heavy atom. The van der Waals surface area contributed by atoms with Crippen molar-refractivity contribution in [1.82, 2.24) is 9.97 Å². The molecule has 2 aromatic heterocycles. The molecule has 2 heterocycles. The Labute approximate surface area is 350 Å². The lowest BCUT2D eigenvalue weighted by Crippen LogP contribution is -2.15. The molecule has 0 bridgehead atoms. The molecule has 0 spiro atoms. The lowest BCUT2D eigenvalue weighted by atomic mass is 9.79. The molecular formula is C58H42N2. The van der Waals surface area contributed by atoms with E-state index >= 15 is 0 Å². The van der Waals surface area contributed by atoms with Gasteiger partial charge in [0.25, 0.3) is 0 Å². The summed E-state index contributed by atoms with van der Waals surface area (Å²) in [4.78, 5) is 9.67. The van der Waals surface area contributed by atoms with Gasteiger partial charge in [-0.25, -0.2) is 0 Å². The summed E-state index contributed by atoms with van der Waals surface area (Å²) in [5, 5.41) is 7.27. The maximum Gasteiger partial charge on any atom is 0.0702 e. The summed E-state index contributed by atoms with van der Waals surface area (Å²) >= 11 is 0. The second-order valence-electron chi connectivity index (χ2n) is 17.8. The summed E-state index contributed by atoms with van der Waals surface area (Å²) in [5.74, 6) is 0. The average molecular weight is 767 g/mol. The van der Waals surface area contributed by atoms with Crippen molar-refractivity contribution >= 4 is 32.3 Å². The van der Waals surface area contributed by atoms with Gasteiger partial charge in [-0.05, 0) is 118 Å². The van der Waals surface area contributed by atoms with E-state index < -0.39 is 0 Å². The van der Waals surface area contributed by atoms with Crippen LogP contribution in [-0.2, 0) is 10.8 Å². The molecule has 2 aliphatic rings. The third-order valence-electron chi connectivity index (χ3n) is 13.8. The van der Waals surface area contributed by atoms with Crippen LogP contribution in [0.3, 0.4) is 0 Å². The minimum atomic E-state index is -0.112. The maximum atomic E-state index is 5.12. The summed E-state index contributed by atoms with van der Waals surface area (Å²) in [6.45, 7) is 9.48. The predicted molar refractivity (Wildman–Crippen MR) is 251 cm³/mol. The Hall–Kier alpha value is -7.16. The molecule has 284 valence electrons. The first-order chi connectivity index (χ1) is 29.3. The summed E-state index contributed by atoms with van der Waals surface area (Å²) < 4.78 is 0. The van der Waals surface area contributed by atoms with Crippen molar-refractivity contribution in [2.24, 2.45) is 0 Å². The van der Waals surface area contributed by atoms with Crippen LogP contribution >= 0.6 is 0 Å². The second kappa shape index (κ2) is 12.7. The zero-order valence-electron chi connectivity index (χ0n) is 34.2. The molecule has 2 nitrogen and oxygen atoms in total. The zero-order chi connectivity index (χ0) is 40.3. The van der Waals surface area contributed by atoms with Gasteiger partial charge in [-0.1, -0.05) is 167 Å². The third-order valence-corrected chi connectivity index (χ3v) is 13.8. The highest BCUT2D eigenvalue weighted by atomic mass is 14.7. The first-order valence-corrected chi connectivity index (χ1v) is 21.0. The molecule has 0 unspecified atom stereocenters. The van der Waals surface area contributed by atoms with E-state index in [2.05, 4.69) is 196 Å². The molecular weight excluding hydrogens is 725 g/mol. The van der Waals surface area contributed by atoms with Crippen molar-refractivity contribution in [3.63, 3.8) is 0 Å². The van der Waals surface area contributed by atoms with Gasteiger partial charge >= 0.3 is 0 Å². The number of benzene rings is 8. The van der Waals surface area contributed by atoms with Gasteiger partial charge in [-0.3, -0.25) is 9.97 Å². The lowest BCUT2D eigenvalue weighted by Gasteiger charge is -2.24. The van der Waals surface area contributed by atoms with Crippen molar-refractivity contribution in [3.05, 3.63) is 205 Å². The Kier molecular flexibility index (Phi) is 7.36. The fourth-order valence-electron chi connectivity index (χ4n) is 10.7. The van der Waals surface area contributed by atoms with Gasteiger partial charge in [0.15, 0.2) is 0 Å². The molecule has 0 fully saturated rings. The van der Waals surface area contributed by atoms with Crippen molar-refractivity contribution in [3.8, 4) is 66.9 Å². The molecule has 0 atom stereocenters. The van der Waals surface area contributed by atoms with Crippen molar-refractivity contribution in [2.45, 2.75) is 38.5 Å². The molecule has 8 aromatic carbocycles. The summed E-state index contributed by atoms with van der Waals surface area (Å²) in [7, 11) is 0. The number of fused-ring (bicyclic) bond motifs is 9. The van der Waals surface area contributed by atoms with Crippen molar-refractivity contribution < 1.29 is 0 Å². The Balaban J connectivity index is 1.09. The van der Waals surface area contributed by atoms with Crippen molar-refractivity contribution in [2.75, 3.05) is 0 Å². The van der Waals surface area contributed by atoms with Crippen LogP contribution in [-0.4, -0.2) is 9.97 Å². The zero-order valence-corrected chi connectivity index (χ0v) is 34.2. The maximum absolute atomic E-state index is 5.12. The number of hydrogen-bond donors (Lipinski definition) is 0. The Bertz CT molecular complexity index is 3420. The molecule has 0 N–H and O–H groups in total. The quantitative estimate of drug-likeness (QED) is 0.167. The average Bonchev–Trinajstić information content (AvgIpc) is 3.66. The van der Waals surface area contributed by atoms with Crippen LogP contribution in [0.5, 0.6) is 0 Å². The summed E-state index contributed by atoms with van der Waals surface area (Å²) in [5.41, 5.74) is 19.9. The van der Waals surface area contributed by atoms with E-state index in [-0.39, 0.29) is 10.8 Å². The van der Waals surface area contributed by atoms with Gasteiger partial charge in [-0.2, -0.15) is 0 Å². The first-order valence-electron chi connectivity index (χ1n) is 21.0. The minimum Gasteiger partial charge on any atom is -0.263 e. The SMILES string of the molecule is CC1(C)c2ccccc2-c2ccc(-c3c4ccccc4c(-c4ccc5c(c4)C(C)(C)c4ccccc4-5)c4cc(-c5ccc(-c6cncc7ccccc67)cn5)ccc34)cc21. The fraction of sp³-hybridized carbons (Fsp3) is 0.103. The highest BCUT2D eigenvalue weighted by Crippen LogP contribution is 2.53. The number of pyridine rings is 2. The molecule has 0 saturated carbocycles. The van der Waals surface area contributed by atoms with Crippen LogP contribution in [0.25, 0.3) is 99.2 Å². The minimum absolute atomic E-state index is 0.102.